The van der Waals surface area contributed by atoms with Crippen LogP contribution in [0.5, 0.6) is 6.08 Å². The number of ether oxygens (including phenoxy) is 1. The molecule has 6 nitrogen and oxygen atoms in total. The third kappa shape index (κ3) is 4.29. The van der Waals surface area contributed by atoms with Crippen molar-refractivity contribution in [2.75, 3.05) is 13.2 Å². The molecule has 0 saturated carbocycles. The summed E-state index contributed by atoms with van der Waals surface area (Å²) < 4.78 is 10.8. The van der Waals surface area contributed by atoms with Crippen molar-refractivity contribution in [1.29, 1.82) is 0 Å². The van der Waals surface area contributed by atoms with E-state index < -0.39 is 0 Å². The number of halogens is 1. The Kier molecular flexibility index (Phi) is 5.53. The van der Waals surface area contributed by atoms with Gasteiger partial charge in [-0.05, 0) is 24.6 Å². The molecule has 3 aromatic rings. The summed E-state index contributed by atoms with van der Waals surface area (Å²) in [6.45, 7) is 2.28. The van der Waals surface area contributed by atoms with Gasteiger partial charge in [-0.3, -0.25) is 9.63 Å². The zero-order valence-corrected chi connectivity index (χ0v) is 14.4. The molecule has 7 heteroatoms. The molecule has 1 aromatic heterocycles. The summed E-state index contributed by atoms with van der Waals surface area (Å²) in [4.78, 5) is 21.9. The summed E-state index contributed by atoms with van der Waals surface area (Å²) >= 11 is 6.02. The number of oxazole rings is 1. The number of likely N-dealkylation sites (N-methyl/N-ethyl adjacent to an activating group) is 1. The van der Waals surface area contributed by atoms with Gasteiger partial charge in [-0.1, -0.05) is 48.0 Å². The predicted octanol–water partition coefficient (Wildman–Crippen LogP) is 3.84. The maximum absolute atomic E-state index is 12.2. The average molecular weight is 361 g/mol. The maximum Gasteiger partial charge on any atom is 0.395 e. The molecule has 1 heterocycles. The molecule has 2 aromatic carbocycles. The zero-order valence-electron chi connectivity index (χ0n) is 13.6. The highest BCUT2D eigenvalue weighted by Crippen LogP contribution is 2.27. The van der Waals surface area contributed by atoms with Gasteiger partial charge in [0.15, 0.2) is 12.2 Å². The van der Waals surface area contributed by atoms with Crippen LogP contribution in [0.4, 0.5) is 0 Å². The van der Waals surface area contributed by atoms with Crippen molar-refractivity contribution >= 4 is 28.6 Å². The van der Waals surface area contributed by atoms with Gasteiger partial charge >= 0.3 is 6.08 Å². The molecule has 0 atom stereocenters. The third-order valence-electron chi connectivity index (χ3n) is 3.46. The second-order valence-corrected chi connectivity index (χ2v) is 5.61. The second-order valence-electron chi connectivity index (χ2n) is 5.20. The number of amides is 1. The first kappa shape index (κ1) is 17.3. The smallest absolute Gasteiger partial charge is 0.395 e. The van der Waals surface area contributed by atoms with Crippen molar-refractivity contribution in [2.24, 2.45) is 0 Å². The standard InChI is InChI=1S/C18H17ClN2O4/c1-2-21(24-11-13-7-4-3-5-8-13)16(22)12-23-18-20-15-10-6-9-14(19)17(15)25-18/h3-10H,2,11-12H2,1H3. The summed E-state index contributed by atoms with van der Waals surface area (Å²) in [5, 5.41) is 1.69. The van der Waals surface area contributed by atoms with E-state index in [1.165, 1.54) is 5.06 Å². The molecule has 0 N–H and O–H groups in total. The number of benzene rings is 2. The fourth-order valence-corrected chi connectivity index (χ4v) is 2.43. The third-order valence-corrected chi connectivity index (χ3v) is 3.76. The molecule has 0 aliphatic heterocycles. The Morgan fingerprint density at radius 1 is 1.20 bits per heavy atom. The minimum absolute atomic E-state index is 0.00411. The number of carbonyl (C=O) groups is 1. The Morgan fingerprint density at radius 2 is 2.00 bits per heavy atom. The van der Waals surface area contributed by atoms with E-state index in [-0.39, 0.29) is 18.6 Å². The van der Waals surface area contributed by atoms with Gasteiger partial charge in [0.2, 0.25) is 0 Å². The highest BCUT2D eigenvalue weighted by atomic mass is 35.5. The van der Waals surface area contributed by atoms with Gasteiger partial charge in [0.25, 0.3) is 5.91 Å². The van der Waals surface area contributed by atoms with Crippen LogP contribution >= 0.6 is 11.6 Å². The highest BCUT2D eigenvalue weighted by Gasteiger charge is 2.16. The van der Waals surface area contributed by atoms with E-state index in [1.54, 1.807) is 18.2 Å². The summed E-state index contributed by atoms with van der Waals surface area (Å²) in [5.41, 5.74) is 1.98. The molecule has 0 spiro atoms. The molecular formula is C18H17ClN2O4. The lowest BCUT2D eigenvalue weighted by Crippen LogP contribution is -2.34. The Bertz CT molecular complexity index is 851. The van der Waals surface area contributed by atoms with Crippen LogP contribution in [0.2, 0.25) is 5.02 Å². The van der Waals surface area contributed by atoms with Crippen molar-refractivity contribution in [3.8, 4) is 6.08 Å². The molecule has 1 amide bonds. The lowest BCUT2D eigenvalue weighted by molar-refractivity contribution is -0.192. The monoisotopic (exact) mass is 360 g/mol. The molecule has 0 radical (unpaired) electrons. The van der Waals surface area contributed by atoms with E-state index in [9.17, 15) is 4.79 Å². The van der Waals surface area contributed by atoms with Gasteiger partial charge in [0.05, 0.1) is 5.02 Å². The number of hydrogen-bond acceptors (Lipinski definition) is 5. The number of aromatic nitrogens is 1. The van der Waals surface area contributed by atoms with Crippen LogP contribution < -0.4 is 4.74 Å². The maximum atomic E-state index is 12.2. The zero-order chi connectivity index (χ0) is 17.6. The largest absolute Gasteiger partial charge is 0.440 e. The van der Waals surface area contributed by atoms with Gasteiger partial charge < -0.3 is 9.15 Å². The van der Waals surface area contributed by atoms with E-state index in [1.807, 2.05) is 37.3 Å². The average Bonchev–Trinajstić information content (AvgIpc) is 3.06. The Hall–Kier alpha value is -2.57. The van der Waals surface area contributed by atoms with Gasteiger partial charge in [-0.25, -0.2) is 5.06 Å². The highest BCUT2D eigenvalue weighted by molar-refractivity contribution is 6.34. The number of nitrogens with zero attached hydrogens (tertiary/aromatic N) is 2. The van der Waals surface area contributed by atoms with Crippen LogP contribution in [0.15, 0.2) is 52.9 Å². The van der Waals surface area contributed by atoms with Gasteiger partial charge in [-0.15, -0.1) is 0 Å². The molecule has 3 rings (SSSR count). The normalized spacial score (nSPS) is 10.8. The second kappa shape index (κ2) is 8.00. The van der Waals surface area contributed by atoms with Crippen LogP contribution in [0.1, 0.15) is 12.5 Å². The van der Waals surface area contributed by atoms with Gasteiger partial charge in [0.1, 0.15) is 12.1 Å². The molecule has 130 valence electrons. The molecule has 0 aliphatic carbocycles. The molecule has 0 bridgehead atoms. The van der Waals surface area contributed by atoms with E-state index in [4.69, 9.17) is 25.6 Å². The Balaban J connectivity index is 1.57. The number of carbonyl (C=O) groups excluding carboxylic acids is 1. The number of rotatable bonds is 7. The fourth-order valence-electron chi connectivity index (χ4n) is 2.22. The molecule has 0 saturated heterocycles. The van der Waals surface area contributed by atoms with E-state index in [2.05, 4.69) is 4.98 Å². The Morgan fingerprint density at radius 3 is 2.72 bits per heavy atom. The first-order valence-electron chi connectivity index (χ1n) is 7.82. The van der Waals surface area contributed by atoms with Crippen LogP contribution in [0, 0.1) is 0 Å². The van der Waals surface area contributed by atoms with E-state index in [0.717, 1.165) is 5.56 Å². The van der Waals surface area contributed by atoms with E-state index >= 15 is 0 Å². The summed E-state index contributed by atoms with van der Waals surface area (Å²) in [6, 6.07) is 14.8. The molecular weight excluding hydrogens is 344 g/mol. The topological polar surface area (TPSA) is 64.8 Å². The number of para-hydroxylation sites is 1. The number of fused-ring (bicyclic) bond motifs is 1. The van der Waals surface area contributed by atoms with E-state index in [0.29, 0.717) is 29.3 Å². The molecule has 0 aliphatic rings. The van der Waals surface area contributed by atoms with Crippen molar-refractivity contribution in [3.05, 3.63) is 59.1 Å². The summed E-state index contributed by atoms with van der Waals surface area (Å²) in [6.07, 6.45) is -0.00411. The predicted molar refractivity (Wildman–Crippen MR) is 93.1 cm³/mol. The van der Waals surface area contributed by atoms with Crippen molar-refractivity contribution < 1.29 is 18.8 Å². The van der Waals surface area contributed by atoms with Crippen LogP contribution in [0.3, 0.4) is 0 Å². The number of hydroxylamine groups is 2. The van der Waals surface area contributed by atoms with Gasteiger partial charge in [0, 0.05) is 6.54 Å². The van der Waals surface area contributed by atoms with Crippen molar-refractivity contribution in [2.45, 2.75) is 13.5 Å². The first-order valence-corrected chi connectivity index (χ1v) is 8.20. The minimum Gasteiger partial charge on any atom is -0.440 e. The SMILES string of the molecule is CCN(OCc1ccccc1)C(=O)COc1nc2cccc(Cl)c2o1. The summed E-state index contributed by atoms with van der Waals surface area (Å²) in [5.74, 6) is -0.327. The fraction of sp³-hybridized carbons (Fsp3) is 0.222. The minimum atomic E-state index is -0.327. The van der Waals surface area contributed by atoms with Crippen molar-refractivity contribution in [3.63, 3.8) is 0 Å². The van der Waals surface area contributed by atoms with Crippen LogP contribution in [-0.4, -0.2) is 29.1 Å². The molecule has 25 heavy (non-hydrogen) atoms. The Labute approximate surface area is 149 Å². The first-order chi connectivity index (χ1) is 12.2. The van der Waals surface area contributed by atoms with Crippen molar-refractivity contribution in [1.82, 2.24) is 10.0 Å². The molecule has 0 unspecified atom stereocenters. The summed E-state index contributed by atoms with van der Waals surface area (Å²) in [7, 11) is 0. The quantitative estimate of drug-likeness (QED) is 0.599. The number of hydrogen-bond donors (Lipinski definition) is 0. The van der Waals surface area contributed by atoms with Crippen LogP contribution in [0.25, 0.3) is 11.1 Å². The van der Waals surface area contributed by atoms with Gasteiger partial charge in [-0.2, -0.15) is 4.98 Å². The lowest BCUT2D eigenvalue weighted by Gasteiger charge is -2.19. The molecule has 0 fully saturated rings. The lowest BCUT2D eigenvalue weighted by atomic mass is 10.2. The van der Waals surface area contributed by atoms with Crippen LogP contribution in [-0.2, 0) is 16.2 Å².